The third-order valence-corrected chi connectivity index (χ3v) is 3.44. The molecule has 0 unspecified atom stereocenters. The highest BCUT2D eigenvalue weighted by atomic mass is 16.2. The summed E-state index contributed by atoms with van der Waals surface area (Å²) >= 11 is 0. The highest BCUT2D eigenvalue weighted by Gasteiger charge is 2.39. The molecule has 2 aromatic rings. The highest BCUT2D eigenvalue weighted by Crippen LogP contribution is 2.37. The Balaban J connectivity index is 2.29. The molecule has 104 valence electrons. The number of nitrogen functional groups attached to an aromatic ring is 1. The van der Waals surface area contributed by atoms with Gasteiger partial charge in [-0.25, -0.2) is 0 Å². The van der Waals surface area contributed by atoms with E-state index in [-0.39, 0.29) is 17.3 Å². The van der Waals surface area contributed by atoms with E-state index in [4.69, 9.17) is 5.73 Å². The summed E-state index contributed by atoms with van der Waals surface area (Å²) in [6.07, 6.45) is 0. The number of carbonyl (C=O) groups is 1. The fourth-order valence-corrected chi connectivity index (χ4v) is 2.55. The van der Waals surface area contributed by atoms with Crippen molar-refractivity contribution in [3.63, 3.8) is 0 Å². The number of fused-ring (bicyclic) bond motifs is 1. The average molecular weight is 281 g/mol. The van der Waals surface area contributed by atoms with Crippen molar-refractivity contribution in [1.82, 2.24) is 9.97 Å². The number of nitrogens with zero attached hydrogens (tertiary/aromatic N) is 2. The summed E-state index contributed by atoms with van der Waals surface area (Å²) < 4.78 is 0. The van der Waals surface area contributed by atoms with Gasteiger partial charge in [0, 0.05) is 5.92 Å². The number of rotatable bonds is 1. The van der Waals surface area contributed by atoms with Gasteiger partial charge in [-0.05, 0) is 5.56 Å². The molecule has 0 aliphatic carbocycles. The molecule has 21 heavy (non-hydrogen) atoms. The number of amides is 1. The second-order valence-electron chi connectivity index (χ2n) is 4.70. The quantitative estimate of drug-likeness (QED) is 0.705. The van der Waals surface area contributed by atoms with E-state index in [0.717, 1.165) is 0 Å². The predicted molar refractivity (Wildman–Crippen MR) is 75.3 cm³/mol. The topological polar surface area (TPSA) is 125 Å². The molecule has 0 saturated carbocycles. The third kappa shape index (κ3) is 2.03. The molecule has 0 radical (unpaired) electrons. The predicted octanol–water partition coefficient (Wildman–Crippen LogP) is 0.576. The molecule has 3 rings (SSSR count). The van der Waals surface area contributed by atoms with E-state index in [2.05, 4.69) is 15.3 Å². The molecule has 2 atom stereocenters. The number of nitrogens with one attached hydrogen (secondary N) is 2. The monoisotopic (exact) mass is 281 g/mol. The molecule has 1 aliphatic heterocycles. The zero-order valence-corrected chi connectivity index (χ0v) is 10.8. The first kappa shape index (κ1) is 12.9. The van der Waals surface area contributed by atoms with Crippen molar-refractivity contribution in [3.8, 4) is 6.07 Å². The van der Waals surface area contributed by atoms with Crippen LogP contribution in [0.25, 0.3) is 0 Å². The van der Waals surface area contributed by atoms with Crippen molar-refractivity contribution in [2.45, 2.75) is 5.92 Å². The summed E-state index contributed by atoms with van der Waals surface area (Å²) in [5, 5.41) is 11.8. The lowest BCUT2D eigenvalue weighted by Crippen LogP contribution is -2.38. The summed E-state index contributed by atoms with van der Waals surface area (Å²) in [4.78, 5) is 30.6. The van der Waals surface area contributed by atoms with Gasteiger partial charge in [0.1, 0.15) is 11.7 Å². The van der Waals surface area contributed by atoms with Gasteiger partial charge in [0.15, 0.2) is 0 Å². The van der Waals surface area contributed by atoms with E-state index in [1.807, 2.05) is 12.1 Å². The lowest BCUT2D eigenvalue weighted by molar-refractivity contribution is -0.119. The van der Waals surface area contributed by atoms with E-state index in [1.54, 1.807) is 24.3 Å². The minimum atomic E-state index is -0.994. The zero-order chi connectivity index (χ0) is 15.0. The largest absolute Gasteiger partial charge is 0.369 e. The molecule has 1 aromatic heterocycles. The molecule has 2 heterocycles. The molecular formula is C14H11N5O2. The van der Waals surface area contributed by atoms with Crippen LogP contribution in [0.1, 0.15) is 17.0 Å². The van der Waals surface area contributed by atoms with Crippen molar-refractivity contribution in [2.24, 2.45) is 5.92 Å². The molecule has 1 aromatic carbocycles. The number of H-pyrrole nitrogens is 1. The summed E-state index contributed by atoms with van der Waals surface area (Å²) in [7, 11) is 0. The maximum Gasteiger partial charge on any atom is 0.258 e. The molecular weight excluding hydrogens is 270 g/mol. The fraction of sp³-hybridized carbons (Fsp3) is 0.143. The number of nitriles is 1. The van der Waals surface area contributed by atoms with Gasteiger partial charge in [-0.2, -0.15) is 10.2 Å². The van der Waals surface area contributed by atoms with Gasteiger partial charge in [-0.3, -0.25) is 14.6 Å². The summed E-state index contributed by atoms with van der Waals surface area (Å²) in [5.41, 5.74) is 6.00. The van der Waals surface area contributed by atoms with E-state index in [0.29, 0.717) is 5.56 Å². The number of aromatic amines is 1. The molecule has 1 amide bonds. The van der Waals surface area contributed by atoms with Crippen LogP contribution in [0, 0.1) is 17.2 Å². The first-order chi connectivity index (χ1) is 10.1. The second kappa shape index (κ2) is 4.76. The van der Waals surface area contributed by atoms with Crippen LogP contribution in [0.15, 0.2) is 35.1 Å². The molecule has 7 heteroatoms. The summed E-state index contributed by atoms with van der Waals surface area (Å²) in [6, 6.07) is 10.9. The Morgan fingerprint density at radius 3 is 2.62 bits per heavy atom. The molecule has 7 nitrogen and oxygen atoms in total. The van der Waals surface area contributed by atoms with Crippen LogP contribution in [0.5, 0.6) is 0 Å². The van der Waals surface area contributed by atoms with Crippen LogP contribution in [0.2, 0.25) is 0 Å². The molecule has 1 aliphatic rings. The van der Waals surface area contributed by atoms with Crippen molar-refractivity contribution in [1.29, 1.82) is 5.26 Å². The minimum Gasteiger partial charge on any atom is -0.369 e. The van der Waals surface area contributed by atoms with E-state index < -0.39 is 23.3 Å². The van der Waals surface area contributed by atoms with Gasteiger partial charge in [0.2, 0.25) is 11.9 Å². The van der Waals surface area contributed by atoms with Crippen LogP contribution < -0.4 is 16.6 Å². The summed E-state index contributed by atoms with van der Waals surface area (Å²) in [5.74, 6) is -2.12. The van der Waals surface area contributed by atoms with Crippen molar-refractivity contribution in [3.05, 3.63) is 51.8 Å². The van der Waals surface area contributed by atoms with Crippen LogP contribution in [-0.4, -0.2) is 15.9 Å². The lowest BCUT2D eigenvalue weighted by Gasteiger charge is -2.28. The average Bonchev–Trinajstić information content (AvgIpc) is 2.46. The Labute approximate surface area is 119 Å². The Morgan fingerprint density at radius 1 is 1.24 bits per heavy atom. The Hall–Kier alpha value is -3.14. The van der Waals surface area contributed by atoms with Gasteiger partial charge in [-0.15, -0.1) is 0 Å². The smallest absolute Gasteiger partial charge is 0.258 e. The number of nitrogens with two attached hydrogens (primary N) is 1. The maximum atomic E-state index is 12.2. The number of benzene rings is 1. The fourth-order valence-electron chi connectivity index (χ4n) is 2.55. The first-order valence-corrected chi connectivity index (χ1v) is 6.27. The van der Waals surface area contributed by atoms with Gasteiger partial charge in [0.05, 0.1) is 11.6 Å². The number of aromatic nitrogens is 2. The van der Waals surface area contributed by atoms with Gasteiger partial charge in [0.25, 0.3) is 5.56 Å². The molecule has 0 saturated heterocycles. The highest BCUT2D eigenvalue weighted by molar-refractivity contribution is 5.97. The number of carbonyl (C=O) groups excluding carboxylic acids is 1. The van der Waals surface area contributed by atoms with Crippen molar-refractivity contribution >= 4 is 17.7 Å². The van der Waals surface area contributed by atoms with Gasteiger partial charge in [-0.1, -0.05) is 30.3 Å². The number of hydrogen-bond acceptors (Lipinski definition) is 5. The Kier molecular flexibility index (Phi) is 2.92. The van der Waals surface area contributed by atoms with Crippen molar-refractivity contribution < 1.29 is 4.79 Å². The molecule has 0 spiro atoms. The molecule has 4 N–H and O–H groups in total. The normalized spacial score (nSPS) is 20.2. The lowest BCUT2D eigenvalue weighted by atomic mass is 9.79. The number of hydrogen-bond donors (Lipinski definition) is 3. The van der Waals surface area contributed by atoms with Crippen LogP contribution in [0.3, 0.4) is 0 Å². The SMILES string of the molecule is N#C[C@H]1C(=O)Nc2nc(N)[nH]c(=O)c2[C@H]1c1ccccc1. The molecule has 0 bridgehead atoms. The van der Waals surface area contributed by atoms with Gasteiger partial charge >= 0.3 is 0 Å². The van der Waals surface area contributed by atoms with Crippen LogP contribution >= 0.6 is 0 Å². The summed E-state index contributed by atoms with van der Waals surface area (Å²) in [6.45, 7) is 0. The van der Waals surface area contributed by atoms with Gasteiger partial charge < -0.3 is 11.1 Å². The first-order valence-electron chi connectivity index (χ1n) is 6.27. The minimum absolute atomic E-state index is 0.0822. The van der Waals surface area contributed by atoms with Crippen LogP contribution in [0.4, 0.5) is 11.8 Å². The van der Waals surface area contributed by atoms with E-state index >= 15 is 0 Å². The number of anilines is 2. The maximum absolute atomic E-state index is 12.2. The standard InChI is InChI=1S/C14H11N5O2/c15-6-8-9(7-4-2-1-3-5-7)10-11(17-12(8)20)18-14(16)19-13(10)21/h1-5,8-9H,(H4,16,17,18,19,20,21)/t8-,9+/m1/s1. The third-order valence-electron chi connectivity index (χ3n) is 3.44. The van der Waals surface area contributed by atoms with Crippen LogP contribution in [-0.2, 0) is 4.79 Å². The zero-order valence-electron chi connectivity index (χ0n) is 10.8. The Bertz CT molecular complexity index is 806. The van der Waals surface area contributed by atoms with E-state index in [9.17, 15) is 14.9 Å². The molecule has 0 fully saturated rings. The second-order valence-corrected chi connectivity index (χ2v) is 4.70. The van der Waals surface area contributed by atoms with E-state index in [1.165, 1.54) is 0 Å². The Morgan fingerprint density at radius 2 is 1.95 bits per heavy atom. The van der Waals surface area contributed by atoms with Crippen molar-refractivity contribution in [2.75, 3.05) is 11.1 Å².